The number of nitriles is 1. The van der Waals surface area contributed by atoms with Gasteiger partial charge in [0.1, 0.15) is 11.8 Å². The largest absolute Gasteiger partial charge is 0.481 e. The minimum absolute atomic E-state index is 0.189. The molecule has 6 nitrogen and oxygen atoms in total. The molecule has 24 heavy (non-hydrogen) atoms. The summed E-state index contributed by atoms with van der Waals surface area (Å²) in [5, 5.41) is 14.4. The van der Waals surface area contributed by atoms with Crippen LogP contribution in [0.15, 0.2) is 48.5 Å². The van der Waals surface area contributed by atoms with Crippen molar-refractivity contribution in [2.75, 3.05) is 10.6 Å². The number of hydrogen-bond acceptors (Lipinski definition) is 4. The van der Waals surface area contributed by atoms with Gasteiger partial charge in [-0.05, 0) is 31.2 Å². The second-order valence-corrected chi connectivity index (χ2v) is 5.12. The lowest BCUT2D eigenvalue weighted by Gasteiger charge is -2.16. The van der Waals surface area contributed by atoms with E-state index in [1.165, 1.54) is 6.92 Å². The van der Waals surface area contributed by atoms with Crippen LogP contribution in [0.1, 0.15) is 19.4 Å². The summed E-state index contributed by atoms with van der Waals surface area (Å²) >= 11 is 0. The number of carbonyl (C=O) groups excluding carboxylic acids is 2. The molecule has 0 aromatic heterocycles. The van der Waals surface area contributed by atoms with Gasteiger partial charge in [0.25, 0.3) is 5.91 Å². The Hall–Kier alpha value is -3.33. The molecule has 0 aliphatic rings. The number of carbonyl (C=O) groups is 2. The topological polar surface area (TPSA) is 91.2 Å². The summed E-state index contributed by atoms with van der Waals surface area (Å²) in [6, 6.07) is 15.5. The quantitative estimate of drug-likeness (QED) is 0.885. The van der Waals surface area contributed by atoms with Crippen LogP contribution >= 0.6 is 0 Å². The number of hydrogen-bond donors (Lipinski definition) is 2. The predicted molar refractivity (Wildman–Crippen MR) is 90.6 cm³/mol. The number of ether oxygens (including phenoxy) is 1. The van der Waals surface area contributed by atoms with Gasteiger partial charge in [-0.15, -0.1) is 0 Å². The Morgan fingerprint density at radius 1 is 1.12 bits per heavy atom. The summed E-state index contributed by atoms with van der Waals surface area (Å²) in [7, 11) is 0. The van der Waals surface area contributed by atoms with Gasteiger partial charge in [0.05, 0.1) is 11.3 Å². The number of para-hydroxylation sites is 1. The molecule has 0 aliphatic heterocycles. The van der Waals surface area contributed by atoms with Crippen LogP contribution < -0.4 is 15.4 Å². The fourth-order valence-electron chi connectivity index (χ4n) is 2.03. The first-order chi connectivity index (χ1) is 11.5. The zero-order valence-corrected chi connectivity index (χ0v) is 13.4. The van der Waals surface area contributed by atoms with E-state index in [1.54, 1.807) is 55.5 Å². The van der Waals surface area contributed by atoms with E-state index in [-0.39, 0.29) is 11.8 Å². The summed E-state index contributed by atoms with van der Waals surface area (Å²) in [4.78, 5) is 23.3. The summed E-state index contributed by atoms with van der Waals surface area (Å²) in [6.07, 6.45) is -0.774. The number of benzene rings is 2. The molecule has 2 aromatic carbocycles. The standard InChI is InChI=1S/C18H17N3O3/c1-12(18(23)21-17-9-4-3-6-14(17)11-19)24-16-8-5-7-15(10-16)20-13(2)22/h3-10,12H,1-2H3,(H,20,22)(H,21,23)/t12-/m1/s1. The number of rotatable bonds is 5. The van der Waals surface area contributed by atoms with Crippen molar-refractivity contribution in [3.63, 3.8) is 0 Å². The van der Waals surface area contributed by atoms with Crippen molar-refractivity contribution >= 4 is 23.2 Å². The molecule has 1 atom stereocenters. The van der Waals surface area contributed by atoms with Gasteiger partial charge in [-0.25, -0.2) is 0 Å². The maximum Gasteiger partial charge on any atom is 0.265 e. The highest BCUT2D eigenvalue weighted by Crippen LogP contribution is 2.19. The number of amides is 2. The lowest BCUT2D eigenvalue weighted by molar-refractivity contribution is -0.122. The Labute approximate surface area is 140 Å². The molecule has 2 aromatic rings. The van der Waals surface area contributed by atoms with Crippen LogP contribution in [0, 0.1) is 11.3 Å². The van der Waals surface area contributed by atoms with Crippen LogP contribution in [0.5, 0.6) is 5.75 Å². The predicted octanol–water partition coefficient (Wildman–Crippen LogP) is 2.92. The zero-order chi connectivity index (χ0) is 17.5. The van der Waals surface area contributed by atoms with Gasteiger partial charge < -0.3 is 15.4 Å². The monoisotopic (exact) mass is 323 g/mol. The van der Waals surface area contributed by atoms with E-state index in [0.29, 0.717) is 22.7 Å². The fourth-order valence-corrected chi connectivity index (χ4v) is 2.03. The van der Waals surface area contributed by atoms with E-state index in [1.807, 2.05) is 6.07 Å². The minimum Gasteiger partial charge on any atom is -0.481 e. The molecule has 122 valence electrons. The van der Waals surface area contributed by atoms with Crippen LogP contribution in [-0.4, -0.2) is 17.9 Å². The minimum atomic E-state index is -0.774. The van der Waals surface area contributed by atoms with E-state index in [2.05, 4.69) is 10.6 Å². The Morgan fingerprint density at radius 3 is 2.58 bits per heavy atom. The van der Waals surface area contributed by atoms with Gasteiger partial charge in [-0.1, -0.05) is 18.2 Å². The molecule has 0 bridgehead atoms. The lowest BCUT2D eigenvalue weighted by atomic mass is 10.2. The van der Waals surface area contributed by atoms with Gasteiger partial charge in [0.2, 0.25) is 5.91 Å². The second-order valence-electron chi connectivity index (χ2n) is 5.12. The zero-order valence-electron chi connectivity index (χ0n) is 13.4. The molecule has 2 amide bonds. The molecule has 0 heterocycles. The highest BCUT2D eigenvalue weighted by Gasteiger charge is 2.16. The molecule has 2 rings (SSSR count). The van der Waals surface area contributed by atoms with Gasteiger partial charge in [-0.3, -0.25) is 9.59 Å². The first kappa shape index (κ1) is 17.0. The van der Waals surface area contributed by atoms with Crippen LogP contribution in [-0.2, 0) is 9.59 Å². The first-order valence-corrected chi connectivity index (χ1v) is 7.34. The first-order valence-electron chi connectivity index (χ1n) is 7.34. The van der Waals surface area contributed by atoms with Crippen molar-refractivity contribution in [1.82, 2.24) is 0 Å². The normalized spacial score (nSPS) is 11.0. The Kier molecular flexibility index (Phi) is 5.53. The van der Waals surface area contributed by atoms with E-state index < -0.39 is 6.10 Å². The lowest BCUT2D eigenvalue weighted by Crippen LogP contribution is -2.30. The maximum absolute atomic E-state index is 12.2. The van der Waals surface area contributed by atoms with Gasteiger partial charge in [-0.2, -0.15) is 5.26 Å². The number of nitrogens with one attached hydrogen (secondary N) is 2. The molecule has 6 heteroatoms. The summed E-state index contributed by atoms with van der Waals surface area (Å²) in [6.45, 7) is 3.02. The van der Waals surface area contributed by atoms with Crippen molar-refractivity contribution in [1.29, 1.82) is 5.26 Å². The van der Waals surface area contributed by atoms with Crippen LogP contribution in [0.3, 0.4) is 0 Å². The fraction of sp³-hybridized carbons (Fsp3) is 0.167. The van der Waals surface area contributed by atoms with Gasteiger partial charge >= 0.3 is 0 Å². The summed E-state index contributed by atoms with van der Waals surface area (Å²) < 4.78 is 5.60. The molecule has 0 fully saturated rings. The molecule has 0 saturated carbocycles. The van der Waals surface area contributed by atoms with Crippen molar-refractivity contribution in [3.05, 3.63) is 54.1 Å². The molecule has 0 radical (unpaired) electrons. The third-order valence-electron chi connectivity index (χ3n) is 3.14. The van der Waals surface area contributed by atoms with Gasteiger partial charge in [0.15, 0.2) is 6.10 Å². The molecule has 0 spiro atoms. The molecule has 2 N–H and O–H groups in total. The molecular formula is C18H17N3O3. The van der Waals surface area contributed by atoms with Crippen molar-refractivity contribution in [2.45, 2.75) is 20.0 Å². The van der Waals surface area contributed by atoms with E-state index >= 15 is 0 Å². The summed E-state index contributed by atoms with van der Waals surface area (Å²) in [5.74, 6) is -0.105. The molecule has 0 unspecified atom stereocenters. The van der Waals surface area contributed by atoms with E-state index in [0.717, 1.165) is 0 Å². The van der Waals surface area contributed by atoms with Gasteiger partial charge in [0, 0.05) is 18.7 Å². The highest BCUT2D eigenvalue weighted by molar-refractivity contribution is 5.95. The van der Waals surface area contributed by atoms with E-state index in [9.17, 15) is 9.59 Å². The average molecular weight is 323 g/mol. The second kappa shape index (κ2) is 7.79. The molecule has 0 aliphatic carbocycles. The van der Waals surface area contributed by atoms with Crippen LogP contribution in [0.25, 0.3) is 0 Å². The van der Waals surface area contributed by atoms with Crippen molar-refractivity contribution in [3.8, 4) is 11.8 Å². The Balaban J connectivity index is 2.04. The Bertz CT molecular complexity index is 796. The smallest absolute Gasteiger partial charge is 0.265 e. The van der Waals surface area contributed by atoms with Crippen molar-refractivity contribution in [2.24, 2.45) is 0 Å². The number of nitrogens with zero attached hydrogens (tertiary/aromatic N) is 1. The third kappa shape index (κ3) is 4.58. The SMILES string of the molecule is CC(=O)Nc1cccc(O[C@H](C)C(=O)Nc2ccccc2C#N)c1. The van der Waals surface area contributed by atoms with Crippen molar-refractivity contribution < 1.29 is 14.3 Å². The molecular weight excluding hydrogens is 306 g/mol. The maximum atomic E-state index is 12.2. The number of anilines is 2. The highest BCUT2D eigenvalue weighted by atomic mass is 16.5. The van der Waals surface area contributed by atoms with E-state index in [4.69, 9.17) is 10.00 Å². The summed E-state index contributed by atoms with van der Waals surface area (Å²) in [5.41, 5.74) is 1.40. The molecule has 0 saturated heterocycles. The average Bonchev–Trinajstić information content (AvgIpc) is 2.55. The van der Waals surface area contributed by atoms with Crippen LogP contribution in [0.2, 0.25) is 0 Å². The Morgan fingerprint density at radius 2 is 1.88 bits per heavy atom. The third-order valence-corrected chi connectivity index (χ3v) is 3.14. The van der Waals surface area contributed by atoms with Crippen LogP contribution in [0.4, 0.5) is 11.4 Å².